The minimum Gasteiger partial charge on any atom is -0.383 e. The first-order valence-corrected chi connectivity index (χ1v) is 10.7. The Balaban J connectivity index is 1.61. The molecule has 2 aromatic carbocycles. The van der Waals surface area contributed by atoms with Crippen molar-refractivity contribution in [2.75, 3.05) is 31.1 Å². The summed E-state index contributed by atoms with van der Waals surface area (Å²) in [5.41, 5.74) is 1.57. The summed E-state index contributed by atoms with van der Waals surface area (Å²) in [5, 5.41) is 10.8. The van der Waals surface area contributed by atoms with Crippen LogP contribution >= 0.6 is 0 Å². The van der Waals surface area contributed by atoms with Gasteiger partial charge in [0.15, 0.2) is 5.82 Å². The van der Waals surface area contributed by atoms with Gasteiger partial charge >= 0.3 is 0 Å². The van der Waals surface area contributed by atoms with Gasteiger partial charge in [0, 0.05) is 37.1 Å². The first kappa shape index (κ1) is 21.2. The Morgan fingerprint density at radius 3 is 2.45 bits per heavy atom. The van der Waals surface area contributed by atoms with Crippen molar-refractivity contribution in [2.24, 2.45) is 5.92 Å². The molecule has 0 saturated carbocycles. The summed E-state index contributed by atoms with van der Waals surface area (Å²) in [5.74, 6) is 0.935. The average molecular weight is 423 g/mol. The van der Waals surface area contributed by atoms with Crippen molar-refractivity contribution in [1.29, 1.82) is 0 Å². The highest BCUT2D eigenvalue weighted by Crippen LogP contribution is 2.29. The lowest BCUT2D eigenvalue weighted by Crippen LogP contribution is -2.52. The molecule has 1 N–H and O–H groups in total. The molecule has 0 unspecified atom stereocenters. The van der Waals surface area contributed by atoms with Crippen LogP contribution in [0.15, 0.2) is 48.5 Å². The van der Waals surface area contributed by atoms with E-state index in [-0.39, 0.29) is 17.6 Å². The van der Waals surface area contributed by atoms with E-state index in [2.05, 4.69) is 9.88 Å². The number of amides is 1. The molecule has 0 radical (unpaired) electrons. The largest absolute Gasteiger partial charge is 0.383 e. The maximum absolute atomic E-state index is 14.0. The summed E-state index contributed by atoms with van der Waals surface area (Å²) < 4.78 is 14.0. The van der Waals surface area contributed by atoms with Crippen LogP contribution in [0.3, 0.4) is 0 Å². The van der Waals surface area contributed by atoms with Crippen LogP contribution in [0.4, 0.5) is 10.2 Å². The molecule has 1 fully saturated rings. The van der Waals surface area contributed by atoms with Crippen LogP contribution in [0.2, 0.25) is 0 Å². The molecule has 0 spiro atoms. The number of benzene rings is 2. The predicted molar refractivity (Wildman–Crippen MR) is 119 cm³/mol. The van der Waals surface area contributed by atoms with Gasteiger partial charge in [-0.25, -0.2) is 14.4 Å². The minimum absolute atomic E-state index is 0.225. The highest BCUT2D eigenvalue weighted by atomic mass is 19.1. The third-order valence-corrected chi connectivity index (χ3v) is 5.54. The molecule has 1 aliphatic rings. The molecule has 1 aromatic heterocycles. The zero-order chi connectivity index (χ0) is 22.0. The molecule has 1 saturated heterocycles. The zero-order valence-electron chi connectivity index (χ0n) is 17.8. The number of piperazine rings is 1. The summed E-state index contributed by atoms with van der Waals surface area (Å²) in [6.07, 6.45) is -0.514. The Kier molecular flexibility index (Phi) is 6.13. The van der Waals surface area contributed by atoms with Crippen molar-refractivity contribution >= 4 is 22.6 Å². The molecule has 7 heteroatoms. The molecule has 1 atom stereocenters. The number of aromatic nitrogens is 2. The van der Waals surface area contributed by atoms with Gasteiger partial charge in [0.2, 0.25) is 0 Å². The van der Waals surface area contributed by atoms with Gasteiger partial charge in [-0.15, -0.1) is 0 Å². The summed E-state index contributed by atoms with van der Waals surface area (Å²) in [6, 6.07) is 14.2. The number of rotatable bonds is 5. The lowest BCUT2D eigenvalue weighted by atomic mass is 10.0. The fourth-order valence-corrected chi connectivity index (χ4v) is 3.94. The molecule has 0 bridgehead atoms. The summed E-state index contributed by atoms with van der Waals surface area (Å²) in [7, 11) is 0. The molecule has 6 nitrogen and oxygen atoms in total. The second-order valence-corrected chi connectivity index (χ2v) is 8.36. The average Bonchev–Trinajstić information content (AvgIpc) is 2.78. The van der Waals surface area contributed by atoms with Gasteiger partial charge in [-0.2, -0.15) is 0 Å². The Hall–Kier alpha value is -3.06. The highest BCUT2D eigenvalue weighted by molar-refractivity contribution is 5.91. The van der Waals surface area contributed by atoms with E-state index in [1.54, 1.807) is 11.0 Å². The molecule has 0 aliphatic carbocycles. The predicted octanol–water partition coefficient (Wildman–Crippen LogP) is 3.49. The van der Waals surface area contributed by atoms with Gasteiger partial charge in [-0.05, 0) is 30.5 Å². The van der Waals surface area contributed by atoms with Gasteiger partial charge in [0.1, 0.15) is 17.7 Å². The first-order valence-electron chi connectivity index (χ1n) is 10.7. The van der Waals surface area contributed by atoms with E-state index in [1.165, 1.54) is 12.1 Å². The number of nitrogens with zero attached hydrogens (tertiary/aromatic N) is 4. The quantitative estimate of drug-likeness (QED) is 0.682. The molecule has 162 valence electrons. The van der Waals surface area contributed by atoms with Crippen LogP contribution < -0.4 is 4.90 Å². The highest BCUT2D eigenvalue weighted by Gasteiger charge is 2.28. The van der Waals surface area contributed by atoms with E-state index < -0.39 is 6.10 Å². The number of aliphatic hydroxyl groups is 1. The number of hydrogen-bond donors (Lipinski definition) is 1. The smallest absolute Gasteiger partial charge is 0.251 e. The van der Waals surface area contributed by atoms with E-state index in [0.717, 1.165) is 5.56 Å². The molecular formula is C24H27FN4O2. The van der Waals surface area contributed by atoms with Crippen molar-refractivity contribution in [3.05, 3.63) is 54.3 Å². The zero-order valence-corrected chi connectivity index (χ0v) is 17.8. The van der Waals surface area contributed by atoms with Crippen molar-refractivity contribution in [1.82, 2.24) is 14.9 Å². The second-order valence-electron chi connectivity index (χ2n) is 8.36. The topological polar surface area (TPSA) is 69.6 Å². The van der Waals surface area contributed by atoms with E-state index in [9.17, 15) is 14.3 Å². The normalized spacial score (nSPS) is 15.5. The molecule has 2 heterocycles. The van der Waals surface area contributed by atoms with Gasteiger partial charge < -0.3 is 14.9 Å². The third-order valence-electron chi connectivity index (χ3n) is 5.54. The Morgan fingerprint density at radius 1 is 1.06 bits per heavy atom. The number of carbonyl (C=O) groups is 1. The van der Waals surface area contributed by atoms with Gasteiger partial charge in [-0.1, -0.05) is 44.2 Å². The van der Waals surface area contributed by atoms with Crippen LogP contribution in [0.5, 0.6) is 0 Å². The van der Waals surface area contributed by atoms with Crippen LogP contribution in [-0.2, 0) is 4.79 Å². The van der Waals surface area contributed by atoms with Crippen molar-refractivity contribution in [3.63, 3.8) is 0 Å². The SMILES string of the molecule is CC(C)C[C@@H](O)C(=O)N1CCN(c2nc(-c3ccccc3)nc3ccc(F)cc23)CC1. The Bertz CT molecular complexity index is 1070. The van der Waals surface area contributed by atoms with Crippen LogP contribution in [-0.4, -0.2) is 58.2 Å². The molecule has 1 aliphatic heterocycles. The van der Waals surface area contributed by atoms with Crippen molar-refractivity contribution in [2.45, 2.75) is 26.4 Å². The van der Waals surface area contributed by atoms with Crippen molar-refractivity contribution in [3.8, 4) is 11.4 Å². The standard InChI is InChI=1S/C24H27FN4O2/c1-16(2)14-21(30)24(31)29-12-10-28(11-13-29)23-19-15-18(25)8-9-20(19)26-22(27-23)17-6-4-3-5-7-17/h3-9,15-16,21,30H,10-14H2,1-2H3/t21-/m1/s1. The number of anilines is 1. The van der Waals surface area contributed by atoms with Crippen LogP contribution in [0, 0.1) is 11.7 Å². The lowest BCUT2D eigenvalue weighted by molar-refractivity contribution is -0.141. The number of fused-ring (bicyclic) bond motifs is 1. The first-order chi connectivity index (χ1) is 14.9. The Labute approximate surface area is 181 Å². The Morgan fingerprint density at radius 2 is 1.77 bits per heavy atom. The van der Waals surface area contributed by atoms with E-state index in [0.29, 0.717) is 55.1 Å². The van der Waals surface area contributed by atoms with Crippen LogP contribution in [0.1, 0.15) is 20.3 Å². The summed E-state index contributed by atoms with van der Waals surface area (Å²) >= 11 is 0. The van der Waals surface area contributed by atoms with Crippen LogP contribution in [0.25, 0.3) is 22.3 Å². The molecule has 31 heavy (non-hydrogen) atoms. The second kappa shape index (κ2) is 8.98. The third kappa shape index (κ3) is 4.66. The summed E-state index contributed by atoms with van der Waals surface area (Å²) in [6.45, 7) is 6.04. The monoisotopic (exact) mass is 422 g/mol. The lowest BCUT2D eigenvalue weighted by Gasteiger charge is -2.37. The fourth-order valence-electron chi connectivity index (χ4n) is 3.94. The number of hydrogen-bond acceptors (Lipinski definition) is 5. The number of aliphatic hydroxyl groups excluding tert-OH is 1. The van der Waals surface area contributed by atoms with Gasteiger partial charge in [0.25, 0.3) is 5.91 Å². The fraction of sp³-hybridized carbons (Fsp3) is 0.375. The van der Waals surface area contributed by atoms with E-state index in [4.69, 9.17) is 4.98 Å². The number of halogens is 1. The maximum Gasteiger partial charge on any atom is 0.251 e. The van der Waals surface area contributed by atoms with Gasteiger partial charge in [-0.3, -0.25) is 4.79 Å². The minimum atomic E-state index is -0.967. The molecule has 4 rings (SSSR count). The van der Waals surface area contributed by atoms with Crippen molar-refractivity contribution < 1.29 is 14.3 Å². The number of carbonyl (C=O) groups excluding carboxylic acids is 1. The molecule has 1 amide bonds. The van der Waals surface area contributed by atoms with E-state index in [1.807, 2.05) is 44.2 Å². The summed E-state index contributed by atoms with van der Waals surface area (Å²) in [4.78, 5) is 25.7. The maximum atomic E-state index is 14.0. The van der Waals surface area contributed by atoms with Gasteiger partial charge in [0.05, 0.1) is 5.52 Å². The molecular weight excluding hydrogens is 395 g/mol. The van der Waals surface area contributed by atoms with E-state index >= 15 is 0 Å². The molecule has 3 aromatic rings.